The van der Waals surface area contributed by atoms with Crippen LogP contribution in [0.3, 0.4) is 0 Å². The van der Waals surface area contributed by atoms with E-state index in [0.29, 0.717) is 34.8 Å². The normalized spacial score (nSPS) is 11.2. The molecule has 3 N–H and O–H groups in total. The number of aromatic nitrogens is 3. The summed E-state index contributed by atoms with van der Waals surface area (Å²) in [6, 6.07) is 13.3. The third-order valence-electron chi connectivity index (χ3n) is 3.61. The molecule has 3 rings (SSSR count). The third-order valence-corrected chi connectivity index (χ3v) is 5.34. The molecule has 0 aliphatic heterocycles. The number of anilines is 3. The molecule has 0 amide bonds. The van der Waals surface area contributed by atoms with E-state index in [1.54, 1.807) is 19.2 Å². The zero-order valence-corrected chi connectivity index (χ0v) is 16.6. The average molecular weight is 419 g/mol. The summed E-state index contributed by atoms with van der Waals surface area (Å²) in [5.41, 5.74) is 0. The molecular weight excluding hydrogens is 400 g/mol. The first-order valence-corrected chi connectivity index (χ1v) is 10.3. The number of pyridine rings is 1. The number of nitrogens with one attached hydrogen (secondary N) is 3. The van der Waals surface area contributed by atoms with Crippen molar-refractivity contribution in [2.75, 3.05) is 23.7 Å². The number of nitrogens with zero attached hydrogens (tertiary/aromatic N) is 3. The zero-order valence-electron chi connectivity index (χ0n) is 15.1. The van der Waals surface area contributed by atoms with Gasteiger partial charge in [0.05, 0.1) is 4.90 Å². The van der Waals surface area contributed by atoms with Crippen LogP contribution in [0.1, 0.15) is 5.82 Å². The molecule has 0 unspecified atom stereocenters. The molecule has 3 aromatic rings. The molecule has 0 radical (unpaired) electrons. The van der Waals surface area contributed by atoms with E-state index in [9.17, 15) is 8.42 Å². The SMILES string of the molecule is Cc1nc(NCCNS(=O)(=O)c2ccc(Cl)cc2)cc(Nc2ccccn2)n1. The molecule has 0 saturated heterocycles. The van der Waals surface area contributed by atoms with Gasteiger partial charge in [-0.05, 0) is 43.3 Å². The fourth-order valence-electron chi connectivity index (χ4n) is 2.36. The lowest BCUT2D eigenvalue weighted by atomic mass is 10.4. The van der Waals surface area contributed by atoms with Crippen molar-refractivity contribution in [2.45, 2.75) is 11.8 Å². The van der Waals surface area contributed by atoms with Gasteiger partial charge in [-0.15, -0.1) is 0 Å². The molecular formula is C18H19ClN6O2S. The largest absolute Gasteiger partial charge is 0.369 e. The van der Waals surface area contributed by atoms with Crippen molar-refractivity contribution in [2.24, 2.45) is 0 Å². The Morgan fingerprint density at radius 2 is 1.71 bits per heavy atom. The highest BCUT2D eigenvalue weighted by atomic mass is 35.5. The molecule has 0 aliphatic rings. The highest BCUT2D eigenvalue weighted by Crippen LogP contribution is 2.16. The smallest absolute Gasteiger partial charge is 0.240 e. The fraction of sp³-hybridized carbons (Fsp3) is 0.167. The Hall–Kier alpha value is -2.75. The summed E-state index contributed by atoms with van der Waals surface area (Å²) < 4.78 is 27.0. The van der Waals surface area contributed by atoms with Gasteiger partial charge in [0.1, 0.15) is 23.3 Å². The number of halogens is 1. The van der Waals surface area contributed by atoms with Gasteiger partial charge in [-0.25, -0.2) is 28.1 Å². The molecule has 0 fully saturated rings. The summed E-state index contributed by atoms with van der Waals surface area (Å²) in [6.45, 7) is 2.32. The lowest BCUT2D eigenvalue weighted by Crippen LogP contribution is -2.29. The molecule has 8 nitrogen and oxygen atoms in total. The van der Waals surface area contributed by atoms with Crippen molar-refractivity contribution in [1.82, 2.24) is 19.7 Å². The number of aryl methyl sites for hydroxylation is 1. The molecule has 0 bridgehead atoms. The first-order valence-electron chi connectivity index (χ1n) is 8.45. The molecule has 10 heteroatoms. The third kappa shape index (κ3) is 5.62. The van der Waals surface area contributed by atoms with Crippen molar-refractivity contribution in [3.05, 3.63) is 65.6 Å². The number of benzene rings is 1. The Balaban J connectivity index is 1.56. The minimum Gasteiger partial charge on any atom is -0.369 e. The predicted molar refractivity (Wildman–Crippen MR) is 109 cm³/mol. The minimum atomic E-state index is -3.59. The molecule has 146 valence electrons. The standard InChI is InChI=1S/C18H19ClN6O2S/c1-13-23-17(12-18(24-13)25-16-4-2-3-9-20-16)21-10-11-22-28(26,27)15-7-5-14(19)6-8-15/h2-9,12,22H,10-11H2,1H3,(H2,20,21,23,24,25). The molecule has 0 atom stereocenters. The van der Waals surface area contributed by atoms with Gasteiger partial charge in [0.15, 0.2) is 0 Å². The second-order valence-corrected chi connectivity index (χ2v) is 8.01. The van der Waals surface area contributed by atoms with Crippen LogP contribution >= 0.6 is 11.6 Å². The Kier molecular flexibility index (Phi) is 6.40. The maximum atomic E-state index is 12.2. The van der Waals surface area contributed by atoms with Crippen LogP contribution in [0.25, 0.3) is 0 Å². The van der Waals surface area contributed by atoms with Crippen LogP contribution in [-0.2, 0) is 10.0 Å². The van der Waals surface area contributed by atoms with Gasteiger partial charge in [-0.3, -0.25) is 0 Å². The monoisotopic (exact) mass is 418 g/mol. The maximum absolute atomic E-state index is 12.2. The van der Waals surface area contributed by atoms with Crippen LogP contribution < -0.4 is 15.4 Å². The number of sulfonamides is 1. The lowest BCUT2D eigenvalue weighted by Gasteiger charge is -2.11. The van der Waals surface area contributed by atoms with Crippen LogP contribution in [0.5, 0.6) is 0 Å². The fourth-order valence-corrected chi connectivity index (χ4v) is 3.52. The first kappa shape index (κ1) is 20.0. The maximum Gasteiger partial charge on any atom is 0.240 e. The average Bonchev–Trinajstić information content (AvgIpc) is 2.66. The van der Waals surface area contributed by atoms with Crippen LogP contribution in [0.4, 0.5) is 17.5 Å². The minimum absolute atomic E-state index is 0.164. The molecule has 1 aromatic carbocycles. The van der Waals surface area contributed by atoms with Crippen LogP contribution in [0.2, 0.25) is 5.02 Å². The predicted octanol–water partition coefficient (Wildman–Crippen LogP) is 2.97. The highest BCUT2D eigenvalue weighted by Gasteiger charge is 2.12. The lowest BCUT2D eigenvalue weighted by molar-refractivity contribution is 0.583. The van der Waals surface area contributed by atoms with Gasteiger partial charge in [0.2, 0.25) is 10.0 Å². The van der Waals surface area contributed by atoms with E-state index >= 15 is 0 Å². The summed E-state index contributed by atoms with van der Waals surface area (Å²) in [5, 5.41) is 6.67. The zero-order chi connectivity index (χ0) is 20.0. The summed E-state index contributed by atoms with van der Waals surface area (Å²) in [4.78, 5) is 13.0. The van der Waals surface area contributed by atoms with E-state index in [2.05, 4.69) is 30.3 Å². The second kappa shape index (κ2) is 8.96. The molecule has 28 heavy (non-hydrogen) atoms. The van der Waals surface area contributed by atoms with Gasteiger partial charge < -0.3 is 10.6 Å². The van der Waals surface area contributed by atoms with Crippen molar-refractivity contribution < 1.29 is 8.42 Å². The molecule has 2 aromatic heterocycles. The van der Waals surface area contributed by atoms with Crippen LogP contribution in [-0.4, -0.2) is 36.5 Å². The van der Waals surface area contributed by atoms with Crippen LogP contribution in [0, 0.1) is 6.92 Å². The quantitative estimate of drug-likeness (QED) is 0.482. The molecule has 0 spiro atoms. The molecule has 2 heterocycles. The van der Waals surface area contributed by atoms with Crippen molar-refractivity contribution >= 4 is 39.1 Å². The second-order valence-electron chi connectivity index (χ2n) is 5.80. The van der Waals surface area contributed by atoms with Gasteiger partial charge in [-0.2, -0.15) is 0 Å². The number of hydrogen-bond acceptors (Lipinski definition) is 7. The summed E-state index contributed by atoms with van der Waals surface area (Å²) >= 11 is 5.79. The van der Waals surface area contributed by atoms with Gasteiger partial charge in [0.25, 0.3) is 0 Å². The van der Waals surface area contributed by atoms with Crippen molar-refractivity contribution in [3.63, 3.8) is 0 Å². The Morgan fingerprint density at radius 1 is 0.964 bits per heavy atom. The topological polar surface area (TPSA) is 109 Å². The van der Waals surface area contributed by atoms with E-state index in [1.807, 2.05) is 18.2 Å². The first-order chi connectivity index (χ1) is 13.4. The van der Waals surface area contributed by atoms with E-state index < -0.39 is 10.0 Å². The Morgan fingerprint density at radius 3 is 2.43 bits per heavy atom. The van der Waals surface area contributed by atoms with E-state index in [-0.39, 0.29) is 11.4 Å². The van der Waals surface area contributed by atoms with Crippen LogP contribution in [0.15, 0.2) is 59.6 Å². The van der Waals surface area contributed by atoms with Gasteiger partial charge in [0, 0.05) is 30.4 Å². The highest BCUT2D eigenvalue weighted by molar-refractivity contribution is 7.89. The summed E-state index contributed by atoms with van der Waals surface area (Å²) in [5.74, 6) is 2.42. The summed E-state index contributed by atoms with van der Waals surface area (Å²) in [6.07, 6.45) is 1.68. The van der Waals surface area contributed by atoms with E-state index in [1.165, 1.54) is 24.3 Å². The molecule has 0 saturated carbocycles. The van der Waals surface area contributed by atoms with E-state index in [4.69, 9.17) is 11.6 Å². The van der Waals surface area contributed by atoms with E-state index in [0.717, 1.165) is 0 Å². The van der Waals surface area contributed by atoms with Gasteiger partial charge >= 0.3 is 0 Å². The Labute approximate surface area is 168 Å². The van der Waals surface area contributed by atoms with Crippen molar-refractivity contribution in [3.8, 4) is 0 Å². The number of rotatable bonds is 8. The molecule has 0 aliphatic carbocycles. The van der Waals surface area contributed by atoms with Crippen molar-refractivity contribution in [1.29, 1.82) is 0 Å². The summed E-state index contributed by atoms with van der Waals surface area (Å²) in [7, 11) is -3.59. The Bertz CT molecular complexity index is 1030. The van der Waals surface area contributed by atoms with Gasteiger partial charge in [-0.1, -0.05) is 17.7 Å². The number of hydrogen-bond donors (Lipinski definition) is 3.